The van der Waals surface area contributed by atoms with Gasteiger partial charge in [-0.2, -0.15) is 10.2 Å². The third kappa shape index (κ3) is 21.5. The van der Waals surface area contributed by atoms with Crippen LogP contribution in [0.25, 0.3) is 0 Å². The van der Waals surface area contributed by atoms with Crippen LogP contribution in [0.5, 0.6) is 0 Å². The fraction of sp³-hybridized carbons (Fsp3) is 0.647. The van der Waals surface area contributed by atoms with E-state index in [1.54, 1.807) is 14.0 Å². The molecule has 0 atom stereocenters. The molecule has 0 bridgehead atoms. The Labute approximate surface area is 171 Å². The molecule has 0 radical (unpaired) electrons. The zero-order valence-corrected chi connectivity index (χ0v) is 17.3. The number of rotatable bonds is 15. The molecule has 0 fully saturated rings. The predicted octanol–water partition coefficient (Wildman–Crippen LogP) is -0.795. The van der Waals surface area contributed by atoms with E-state index in [1.807, 2.05) is 6.92 Å². The molecule has 4 N–H and O–H groups in total. The monoisotopic (exact) mass is 416 g/mol. The summed E-state index contributed by atoms with van der Waals surface area (Å²) in [6.07, 6.45) is 3.38. The van der Waals surface area contributed by atoms with Crippen molar-refractivity contribution >= 4 is 36.1 Å². The summed E-state index contributed by atoms with van der Waals surface area (Å²) in [4.78, 5) is 28.9. The molecule has 0 aromatic carbocycles. The maximum atomic E-state index is 11.1. The standard InChI is InChI=1S/C14H24N6O5.C3H8O/c1-2-25-14(22)9-18-8-13(20-16)11-24-6-5-23-10-12(19-15)7-17-3-4-21;1-3-4-2/h4,7-8H,2-3,5-6,9-11,15-16H2,1H3;3H2,1-2H3/b17-7?,18-8?,19-12+,20-13+;. The van der Waals surface area contributed by atoms with Gasteiger partial charge in [-0.05, 0) is 13.8 Å². The zero-order chi connectivity index (χ0) is 22.2. The van der Waals surface area contributed by atoms with Gasteiger partial charge in [-0.1, -0.05) is 0 Å². The topological polar surface area (TPSA) is 173 Å². The van der Waals surface area contributed by atoms with Crippen LogP contribution < -0.4 is 11.7 Å². The van der Waals surface area contributed by atoms with E-state index in [2.05, 4.69) is 24.9 Å². The van der Waals surface area contributed by atoms with Crippen molar-refractivity contribution in [3.8, 4) is 0 Å². The van der Waals surface area contributed by atoms with E-state index in [9.17, 15) is 9.59 Å². The van der Waals surface area contributed by atoms with Gasteiger partial charge in [-0.25, -0.2) is 0 Å². The second kappa shape index (κ2) is 23.3. The van der Waals surface area contributed by atoms with Gasteiger partial charge in [0.1, 0.15) is 24.3 Å². The molecular formula is C17H32N6O6. The number of hydrazone groups is 2. The van der Waals surface area contributed by atoms with Crippen LogP contribution in [0.15, 0.2) is 20.2 Å². The van der Waals surface area contributed by atoms with Gasteiger partial charge in [0.15, 0.2) is 0 Å². The summed E-state index contributed by atoms with van der Waals surface area (Å²) in [6.45, 7) is 5.53. The molecule has 0 saturated heterocycles. The first-order valence-corrected chi connectivity index (χ1v) is 8.86. The lowest BCUT2D eigenvalue weighted by Crippen LogP contribution is -2.18. The minimum Gasteiger partial charge on any atom is -0.465 e. The van der Waals surface area contributed by atoms with Crippen LogP contribution >= 0.6 is 0 Å². The van der Waals surface area contributed by atoms with Gasteiger partial charge in [-0.3, -0.25) is 14.8 Å². The number of hydrogen-bond acceptors (Lipinski definition) is 12. The lowest BCUT2D eigenvalue weighted by atomic mass is 10.4. The average molecular weight is 416 g/mol. The number of carbonyl (C=O) groups is 2. The Morgan fingerprint density at radius 2 is 1.45 bits per heavy atom. The minimum atomic E-state index is -0.432. The molecule has 0 saturated carbocycles. The highest BCUT2D eigenvalue weighted by Gasteiger charge is 2.01. The van der Waals surface area contributed by atoms with Crippen LogP contribution in [-0.2, 0) is 28.5 Å². The average Bonchev–Trinajstić information content (AvgIpc) is 2.73. The Hall–Kier alpha value is -2.70. The molecule has 0 aliphatic carbocycles. The molecule has 12 nitrogen and oxygen atoms in total. The van der Waals surface area contributed by atoms with Crippen LogP contribution in [-0.4, -0.2) is 95.9 Å². The van der Waals surface area contributed by atoms with Gasteiger partial charge >= 0.3 is 5.97 Å². The minimum absolute atomic E-state index is 0.0427. The van der Waals surface area contributed by atoms with Crippen molar-refractivity contribution in [2.45, 2.75) is 13.8 Å². The SMILES string of the molecule is CCOC.CCOC(=O)CN=C/C(COCCOC/C(C=NCC=O)=N/N)=N\N. The Balaban J connectivity index is 0. The lowest BCUT2D eigenvalue weighted by molar-refractivity contribution is -0.141. The number of aliphatic imine (C=N–C) groups is 2. The number of esters is 1. The summed E-state index contributed by atoms with van der Waals surface area (Å²) in [6, 6.07) is 0. The van der Waals surface area contributed by atoms with E-state index in [4.69, 9.17) is 25.9 Å². The second-order valence-electron chi connectivity index (χ2n) is 4.86. The number of nitrogens with two attached hydrogens (primary N) is 2. The molecule has 0 aliphatic rings. The molecule has 0 aromatic heterocycles. The van der Waals surface area contributed by atoms with Crippen LogP contribution in [0, 0.1) is 0 Å². The van der Waals surface area contributed by atoms with E-state index in [0.29, 0.717) is 24.3 Å². The molecule has 29 heavy (non-hydrogen) atoms. The van der Waals surface area contributed by atoms with E-state index in [1.165, 1.54) is 12.4 Å². The van der Waals surface area contributed by atoms with Gasteiger partial charge in [-0.15, -0.1) is 0 Å². The summed E-state index contributed by atoms with van der Waals surface area (Å²) >= 11 is 0. The Kier molecular flexibility index (Phi) is 22.9. The summed E-state index contributed by atoms with van der Waals surface area (Å²) < 4.78 is 19.9. The fourth-order valence-corrected chi connectivity index (χ4v) is 1.32. The van der Waals surface area contributed by atoms with Gasteiger partial charge in [0, 0.05) is 26.1 Å². The number of methoxy groups -OCH3 is 1. The van der Waals surface area contributed by atoms with Crippen molar-refractivity contribution < 1.29 is 28.5 Å². The van der Waals surface area contributed by atoms with E-state index in [0.717, 1.165) is 6.61 Å². The highest BCUT2D eigenvalue weighted by Crippen LogP contribution is 1.85. The largest absolute Gasteiger partial charge is 0.465 e. The highest BCUT2D eigenvalue weighted by molar-refractivity contribution is 6.31. The summed E-state index contributed by atoms with van der Waals surface area (Å²) in [5, 5.41) is 6.97. The Morgan fingerprint density at radius 1 is 0.931 bits per heavy atom. The third-order valence-electron chi connectivity index (χ3n) is 2.68. The predicted molar refractivity (Wildman–Crippen MR) is 112 cm³/mol. The zero-order valence-electron chi connectivity index (χ0n) is 17.3. The molecule has 0 heterocycles. The summed E-state index contributed by atoms with van der Waals surface area (Å²) in [7, 11) is 1.68. The van der Waals surface area contributed by atoms with Crippen molar-refractivity contribution in [3.05, 3.63) is 0 Å². The van der Waals surface area contributed by atoms with E-state index < -0.39 is 5.97 Å². The van der Waals surface area contributed by atoms with Crippen molar-refractivity contribution in [3.63, 3.8) is 0 Å². The Morgan fingerprint density at radius 3 is 1.86 bits per heavy atom. The maximum absolute atomic E-state index is 11.1. The van der Waals surface area contributed by atoms with Crippen LogP contribution in [0.4, 0.5) is 0 Å². The van der Waals surface area contributed by atoms with Crippen molar-refractivity contribution in [1.29, 1.82) is 0 Å². The molecular weight excluding hydrogens is 384 g/mol. The van der Waals surface area contributed by atoms with Gasteiger partial charge in [0.25, 0.3) is 0 Å². The first-order valence-electron chi connectivity index (χ1n) is 8.86. The highest BCUT2D eigenvalue weighted by atomic mass is 16.5. The van der Waals surface area contributed by atoms with Gasteiger partial charge in [0.2, 0.25) is 0 Å². The second-order valence-corrected chi connectivity index (χ2v) is 4.86. The summed E-state index contributed by atoms with van der Waals surface area (Å²) in [5.41, 5.74) is 0.770. The molecule has 0 aromatic rings. The summed E-state index contributed by atoms with van der Waals surface area (Å²) in [5.74, 6) is 9.93. The van der Waals surface area contributed by atoms with Crippen molar-refractivity contribution in [2.24, 2.45) is 31.9 Å². The number of carbonyl (C=O) groups excluding carboxylic acids is 2. The molecule has 0 rings (SSSR count). The molecule has 0 amide bonds. The molecule has 12 heteroatoms. The first-order chi connectivity index (χ1) is 14.1. The van der Waals surface area contributed by atoms with Crippen molar-refractivity contribution in [2.75, 3.05) is 59.8 Å². The van der Waals surface area contributed by atoms with Crippen molar-refractivity contribution in [1.82, 2.24) is 0 Å². The van der Waals surface area contributed by atoms with Crippen LogP contribution in [0.1, 0.15) is 13.8 Å². The van der Waals surface area contributed by atoms with Gasteiger partial charge < -0.3 is 35.4 Å². The third-order valence-corrected chi connectivity index (χ3v) is 2.68. The molecule has 0 spiro atoms. The molecule has 0 aliphatic heterocycles. The smallest absolute Gasteiger partial charge is 0.327 e. The quantitative estimate of drug-likeness (QED) is 0.0872. The van der Waals surface area contributed by atoms with Crippen LogP contribution in [0.2, 0.25) is 0 Å². The maximum Gasteiger partial charge on any atom is 0.327 e. The number of nitrogens with zero attached hydrogens (tertiary/aromatic N) is 4. The number of ether oxygens (including phenoxy) is 4. The van der Waals surface area contributed by atoms with Gasteiger partial charge in [0.05, 0.1) is 39.6 Å². The Bertz CT molecular complexity index is 535. The molecule has 0 unspecified atom stereocenters. The van der Waals surface area contributed by atoms with E-state index >= 15 is 0 Å². The van der Waals surface area contributed by atoms with E-state index in [-0.39, 0.29) is 39.5 Å². The number of aldehydes is 1. The van der Waals surface area contributed by atoms with Crippen LogP contribution in [0.3, 0.4) is 0 Å². The first kappa shape index (κ1) is 28.5. The normalized spacial score (nSPS) is 12.1. The number of hydrogen-bond donors (Lipinski definition) is 2. The molecule has 166 valence electrons. The lowest BCUT2D eigenvalue weighted by Gasteiger charge is -2.05. The fourth-order valence-electron chi connectivity index (χ4n) is 1.32.